The van der Waals surface area contributed by atoms with Crippen molar-refractivity contribution in [2.45, 2.75) is 32.8 Å². The van der Waals surface area contributed by atoms with E-state index < -0.39 is 17.6 Å². The third kappa shape index (κ3) is 3.52. The van der Waals surface area contributed by atoms with Gasteiger partial charge in [-0.25, -0.2) is 9.69 Å². The van der Waals surface area contributed by atoms with E-state index in [1.54, 1.807) is 4.90 Å². The number of imide groups is 1. The molecule has 1 aromatic carbocycles. The molecule has 2 aliphatic rings. The Labute approximate surface area is 153 Å². The highest BCUT2D eigenvalue weighted by Crippen LogP contribution is 2.24. The van der Waals surface area contributed by atoms with Gasteiger partial charge in [0.25, 0.3) is 5.91 Å². The Kier molecular flexibility index (Phi) is 4.89. The van der Waals surface area contributed by atoms with Crippen molar-refractivity contribution in [3.8, 4) is 0 Å². The lowest BCUT2D eigenvalue weighted by Crippen LogP contribution is -2.45. The Morgan fingerprint density at radius 3 is 2.50 bits per heavy atom. The first-order valence-electron chi connectivity index (χ1n) is 8.93. The number of hydrogen-bond acceptors (Lipinski definition) is 5. The van der Waals surface area contributed by atoms with Gasteiger partial charge in [0.2, 0.25) is 5.91 Å². The summed E-state index contributed by atoms with van der Waals surface area (Å²) >= 11 is 0. The topological polar surface area (TPSA) is 70.2 Å². The van der Waals surface area contributed by atoms with Gasteiger partial charge < -0.3 is 14.5 Å². The van der Waals surface area contributed by atoms with Crippen molar-refractivity contribution in [1.29, 1.82) is 0 Å². The van der Waals surface area contributed by atoms with E-state index in [-0.39, 0.29) is 12.5 Å². The fourth-order valence-electron chi connectivity index (χ4n) is 3.42. The molecule has 2 saturated heterocycles. The van der Waals surface area contributed by atoms with E-state index in [0.717, 1.165) is 24.4 Å². The summed E-state index contributed by atoms with van der Waals surface area (Å²) in [7, 11) is 0. The van der Waals surface area contributed by atoms with Gasteiger partial charge in [0, 0.05) is 31.9 Å². The number of carbonyl (C=O) groups excluding carboxylic acids is 3. The summed E-state index contributed by atoms with van der Waals surface area (Å²) in [4.78, 5) is 41.6. The molecule has 1 aromatic rings. The summed E-state index contributed by atoms with van der Waals surface area (Å²) in [5.41, 5.74) is 1.19. The number of ether oxygens (including phenoxy) is 1. The molecule has 0 spiro atoms. The first-order chi connectivity index (χ1) is 12.3. The van der Waals surface area contributed by atoms with Crippen molar-refractivity contribution in [2.24, 2.45) is 0 Å². The average molecular weight is 359 g/mol. The van der Waals surface area contributed by atoms with Gasteiger partial charge in [-0.1, -0.05) is 18.2 Å². The minimum Gasteiger partial charge on any atom is -0.433 e. The van der Waals surface area contributed by atoms with Gasteiger partial charge in [0.05, 0.1) is 0 Å². The van der Waals surface area contributed by atoms with Gasteiger partial charge in [0.1, 0.15) is 6.54 Å². The van der Waals surface area contributed by atoms with E-state index in [1.807, 2.05) is 12.1 Å². The molecule has 0 aliphatic carbocycles. The molecule has 140 valence electrons. The zero-order valence-electron chi connectivity index (χ0n) is 15.5. The normalized spacial score (nSPS) is 20.2. The molecule has 0 radical (unpaired) electrons. The smallest absolute Gasteiger partial charge is 0.418 e. The van der Waals surface area contributed by atoms with Crippen LogP contribution in [0.1, 0.15) is 25.8 Å². The van der Waals surface area contributed by atoms with Crippen LogP contribution in [0.4, 0.5) is 10.5 Å². The van der Waals surface area contributed by atoms with Crippen molar-refractivity contribution in [1.82, 2.24) is 9.80 Å². The first-order valence-corrected chi connectivity index (χ1v) is 8.93. The zero-order valence-corrected chi connectivity index (χ0v) is 15.5. The van der Waals surface area contributed by atoms with Crippen LogP contribution in [-0.4, -0.2) is 66.0 Å². The summed E-state index contributed by atoms with van der Waals surface area (Å²) in [6.45, 7) is 7.65. The summed E-state index contributed by atoms with van der Waals surface area (Å²) in [5, 5.41) is 0. The molecule has 2 fully saturated rings. The predicted octanol–water partition coefficient (Wildman–Crippen LogP) is 1.79. The van der Waals surface area contributed by atoms with Gasteiger partial charge in [-0.05, 0) is 38.8 Å². The molecule has 0 aromatic heterocycles. The largest absolute Gasteiger partial charge is 0.433 e. The molecule has 2 heterocycles. The quantitative estimate of drug-likeness (QED) is 0.823. The molecule has 3 rings (SSSR count). The van der Waals surface area contributed by atoms with E-state index in [4.69, 9.17) is 4.74 Å². The molecule has 0 atom stereocenters. The molecule has 7 heteroatoms. The van der Waals surface area contributed by atoms with Crippen LogP contribution in [0.3, 0.4) is 0 Å². The lowest BCUT2D eigenvalue weighted by molar-refractivity contribution is -0.140. The first kappa shape index (κ1) is 18.2. The fraction of sp³-hybridized carbons (Fsp3) is 0.526. The average Bonchev–Trinajstić information content (AvgIpc) is 2.78. The summed E-state index contributed by atoms with van der Waals surface area (Å²) in [6.07, 6.45) is 0.0916. The van der Waals surface area contributed by atoms with E-state index >= 15 is 0 Å². The predicted molar refractivity (Wildman–Crippen MR) is 96.9 cm³/mol. The number of carbonyl (C=O) groups is 3. The number of anilines is 1. The minimum absolute atomic E-state index is 0.223. The van der Waals surface area contributed by atoms with Crippen molar-refractivity contribution < 1.29 is 19.1 Å². The summed E-state index contributed by atoms with van der Waals surface area (Å²) in [6, 6.07) is 8.20. The van der Waals surface area contributed by atoms with Crippen LogP contribution in [0.5, 0.6) is 0 Å². The highest BCUT2D eigenvalue weighted by atomic mass is 16.6. The number of amides is 3. The lowest BCUT2D eigenvalue weighted by Gasteiger charge is -2.25. The fourth-order valence-corrected chi connectivity index (χ4v) is 3.42. The number of nitrogens with zero attached hydrogens (tertiary/aromatic N) is 3. The van der Waals surface area contributed by atoms with E-state index in [2.05, 4.69) is 24.0 Å². The number of para-hydroxylation sites is 1. The monoisotopic (exact) mass is 359 g/mol. The van der Waals surface area contributed by atoms with E-state index in [9.17, 15) is 14.4 Å². The Morgan fingerprint density at radius 2 is 1.85 bits per heavy atom. The standard InChI is InChI=1S/C19H25N3O4/c1-14-7-4-5-8-15(14)20-9-6-10-21(12-11-20)16(23)13-22-17(24)19(2,3)26-18(22)25/h4-5,7-8H,6,9-13H2,1-3H3. The Balaban J connectivity index is 1.62. The highest BCUT2D eigenvalue weighted by molar-refractivity contribution is 6.04. The SMILES string of the molecule is Cc1ccccc1N1CCCN(C(=O)CN2C(=O)OC(C)(C)C2=O)CC1. The molecule has 2 aliphatic heterocycles. The Bertz CT molecular complexity index is 731. The maximum atomic E-state index is 12.6. The molecule has 0 saturated carbocycles. The number of benzene rings is 1. The third-order valence-corrected chi connectivity index (χ3v) is 4.92. The van der Waals surface area contributed by atoms with Crippen LogP contribution in [0, 0.1) is 6.92 Å². The van der Waals surface area contributed by atoms with Crippen LogP contribution in [0.25, 0.3) is 0 Å². The van der Waals surface area contributed by atoms with Gasteiger partial charge in [-0.3, -0.25) is 9.59 Å². The molecule has 0 bridgehead atoms. The maximum Gasteiger partial charge on any atom is 0.418 e. The maximum absolute atomic E-state index is 12.6. The molecule has 26 heavy (non-hydrogen) atoms. The number of aryl methyl sites for hydroxylation is 1. The summed E-state index contributed by atoms with van der Waals surface area (Å²) in [5.74, 6) is -0.688. The van der Waals surface area contributed by atoms with Crippen molar-refractivity contribution in [3.05, 3.63) is 29.8 Å². The minimum atomic E-state index is -1.20. The third-order valence-electron chi connectivity index (χ3n) is 4.92. The van der Waals surface area contributed by atoms with Crippen LogP contribution in [0.15, 0.2) is 24.3 Å². The molecule has 7 nitrogen and oxygen atoms in total. The summed E-state index contributed by atoms with van der Waals surface area (Å²) < 4.78 is 5.03. The second kappa shape index (κ2) is 6.97. The highest BCUT2D eigenvalue weighted by Gasteiger charge is 2.48. The molecule has 3 amide bonds. The van der Waals surface area contributed by atoms with Crippen LogP contribution in [0.2, 0.25) is 0 Å². The Hall–Kier alpha value is -2.57. The number of hydrogen-bond donors (Lipinski definition) is 0. The molecule has 0 N–H and O–H groups in total. The van der Waals surface area contributed by atoms with Gasteiger partial charge in [-0.2, -0.15) is 0 Å². The van der Waals surface area contributed by atoms with Crippen molar-refractivity contribution >= 4 is 23.6 Å². The van der Waals surface area contributed by atoms with Gasteiger partial charge >= 0.3 is 6.09 Å². The zero-order chi connectivity index (χ0) is 18.9. The van der Waals surface area contributed by atoms with Crippen LogP contribution >= 0.6 is 0 Å². The number of rotatable bonds is 3. The van der Waals surface area contributed by atoms with Crippen LogP contribution in [-0.2, 0) is 14.3 Å². The second-order valence-electron chi connectivity index (χ2n) is 7.28. The molecule has 0 unspecified atom stereocenters. The number of cyclic esters (lactones) is 1. The lowest BCUT2D eigenvalue weighted by atomic mass is 10.1. The van der Waals surface area contributed by atoms with Crippen LogP contribution < -0.4 is 4.90 Å². The van der Waals surface area contributed by atoms with E-state index in [0.29, 0.717) is 13.1 Å². The van der Waals surface area contributed by atoms with E-state index in [1.165, 1.54) is 25.1 Å². The molecular weight excluding hydrogens is 334 g/mol. The van der Waals surface area contributed by atoms with Crippen molar-refractivity contribution in [3.63, 3.8) is 0 Å². The van der Waals surface area contributed by atoms with Gasteiger partial charge in [-0.15, -0.1) is 0 Å². The van der Waals surface area contributed by atoms with Crippen molar-refractivity contribution in [2.75, 3.05) is 37.6 Å². The van der Waals surface area contributed by atoms with Gasteiger partial charge in [0.15, 0.2) is 5.60 Å². The second-order valence-corrected chi connectivity index (χ2v) is 7.28. The molecular formula is C19H25N3O4. The Morgan fingerprint density at radius 1 is 1.12 bits per heavy atom.